The molecule has 1 aliphatic rings. The van der Waals surface area contributed by atoms with Crippen molar-refractivity contribution in [1.29, 1.82) is 0 Å². The highest BCUT2D eigenvalue weighted by Crippen LogP contribution is 2.32. The first-order chi connectivity index (χ1) is 12.7. The highest BCUT2D eigenvalue weighted by Gasteiger charge is 2.14. The molecule has 0 aliphatic carbocycles. The number of nitro groups is 1. The summed E-state index contributed by atoms with van der Waals surface area (Å²) in [5, 5.41) is 17.3. The maximum atomic E-state index is 11.1. The number of nitrogens with one attached hydrogen (secondary N) is 2. The van der Waals surface area contributed by atoms with Gasteiger partial charge in [0.2, 0.25) is 0 Å². The van der Waals surface area contributed by atoms with E-state index in [9.17, 15) is 10.1 Å². The van der Waals surface area contributed by atoms with Crippen molar-refractivity contribution < 1.29 is 14.4 Å². The van der Waals surface area contributed by atoms with Crippen LogP contribution < -0.4 is 20.1 Å². The van der Waals surface area contributed by atoms with Crippen molar-refractivity contribution in [3.63, 3.8) is 0 Å². The summed E-state index contributed by atoms with van der Waals surface area (Å²) in [6.45, 7) is 1.53. The van der Waals surface area contributed by atoms with Crippen molar-refractivity contribution in [1.82, 2.24) is 5.32 Å². The maximum Gasteiger partial charge on any atom is 0.274 e. The molecule has 26 heavy (non-hydrogen) atoms. The van der Waals surface area contributed by atoms with E-state index in [0.717, 1.165) is 17.9 Å². The predicted molar refractivity (Wildman–Crippen MR) is 99.0 cm³/mol. The molecule has 0 bridgehead atoms. The van der Waals surface area contributed by atoms with Crippen molar-refractivity contribution in [2.24, 2.45) is 4.99 Å². The van der Waals surface area contributed by atoms with Gasteiger partial charge in [0, 0.05) is 43.4 Å². The maximum absolute atomic E-state index is 11.1. The molecule has 3 rings (SSSR count). The number of para-hydroxylation sites is 1. The number of aliphatic imine (C=N–C) groups is 1. The zero-order valence-corrected chi connectivity index (χ0v) is 14.4. The molecule has 0 fully saturated rings. The van der Waals surface area contributed by atoms with Crippen LogP contribution in [0.4, 0.5) is 11.4 Å². The number of hydrogen-bond donors (Lipinski definition) is 2. The number of nitrogens with zero attached hydrogens (tertiary/aromatic N) is 2. The number of nitro benzene ring substituents is 1. The quantitative estimate of drug-likeness (QED) is 0.378. The van der Waals surface area contributed by atoms with Gasteiger partial charge in [-0.2, -0.15) is 0 Å². The number of hydrogen-bond acceptors (Lipinski definition) is 5. The van der Waals surface area contributed by atoms with E-state index in [1.54, 1.807) is 25.2 Å². The SMILES string of the molecule is CN=C(NCc1ccccc1[N+](=O)[O-])Nc1ccc2c(c1)OCCCO2. The molecule has 0 atom stereocenters. The Labute approximate surface area is 151 Å². The van der Waals surface area contributed by atoms with Crippen molar-refractivity contribution in [3.8, 4) is 11.5 Å². The molecule has 0 saturated carbocycles. The molecular formula is C18H20N4O4. The average molecular weight is 356 g/mol. The number of guanidine groups is 1. The molecule has 136 valence electrons. The lowest BCUT2D eigenvalue weighted by Gasteiger charge is -2.14. The van der Waals surface area contributed by atoms with Crippen LogP contribution in [0.15, 0.2) is 47.5 Å². The third-order valence-corrected chi connectivity index (χ3v) is 3.87. The highest BCUT2D eigenvalue weighted by atomic mass is 16.6. The Morgan fingerprint density at radius 2 is 1.96 bits per heavy atom. The number of ether oxygens (including phenoxy) is 2. The fraction of sp³-hybridized carbons (Fsp3) is 0.278. The van der Waals surface area contributed by atoms with E-state index in [1.165, 1.54) is 6.07 Å². The summed E-state index contributed by atoms with van der Waals surface area (Å²) >= 11 is 0. The Kier molecular flexibility index (Phi) is 5.52. The van der Waals surface area contributed by atoms with E-state index in [2.05, 4.69) is 15.6 Å². The van der Waals surface area contributed by atoms with Gasteiger partial charge in [-0.15, -0.1) is 0 Å². The summed E-state index contributed by atoms with van der Waals surface area (Å²) in [6, 6.07) is 12.2. The Morgan fingerprint density at radius 1 is 1.19 bits per heavy atom. The zero-order chi connectivity index (χ0) is 18.4. The van der Waals surface area contributed by atoms with Crippen LogP contribution in [0.1, 0.15) is 12.0 Å². The van der Waals surface area contributed by atoms with Gasteiger partial charge in [-0.25, -0.2) is 0 Å². The zero-order valence-electron chi connectivity index (χ0n) is 14.4. The Balaban J connectivity index is 1.67. The minimum absolute atomic E-state index is 0.0750. The molecule has 0 aromatic heterocycles. The monoisotopic (exact) mass is 356 g/mol. The lowest BCUT2D eigenvalue weighted by Crippen LogP contribution is -2.30. The molecule has 2 aromatic carbocycles. The molecule has 0 radical (unpaired) electrons. The number of fused-ring (bicyclic) bond motifs is 1. The van der Waals surface area contributed by atoms with E-state index in [-0.39, 0.29) is 12.2 Å². The molecular weight excluding hydrogens is 336 g/mol. The second-order valence-corrected chi connectivity index (χ2v) is 5.65. The molecule has 8 nitrogen and oxygen atoms in total. The van der Waals surface area contributed by atoms with Crippen LogP contribution in [0.5, 0.6) is 11.5 Å². The van der Waals surface area contributed by atoms with Gasteiger partial charge in [-0.05, 0) is 12.1 Å². The summed E-state index contributed by atoms with van der Waals surface area (Å²) in [5.41, 5.74) is 1.44. The van der Waals surface area contributed by atoms with Crippen LogP contribution in [0, 0.1) is 10.1 Å². The molecule has 0 spiro atoms. The van der Waals surface area contributed by atoms with Crippen LogP contribution in [-0.2, 0) is 6.54 Å². The van der Waals surface area contributed by atoms with Crippen LogP contribution >= 0.6 is 0 Å². The van der Waals surface area contributed by atoms with Gasteiger partial charge in [0.15, 0.2) is 17.5 Å². The first-order valence-corrected chi connectivity index (χ1v) is 8.27. The van der Waals surface area contributed by atoms with Crippen molar-refractivity contribution in [2.75, 3.05) is 25.6 Å². The Hall–Kier alpha value is -3.29. The number of benzene rings is 2. The van der Waals surface area contributed by atoms with E-state index in [0.29, 0.717) is 30.5 Å². The van der Waals surface area contributed by atoms with E-state index >= 15 is 0 Å². The van der Waals surface area contributed by atoms with E-state index in [1.807, 2.05) is 18.2 Å². The first-order valence-electron chi connectivity index (χ1n) is 8.27. The summed E-state index contributed by atoms with van der Waals surface area (Å²) in [7, 11) is 1.64. The lowest BCUT2D eigenvalue weighted by atomic mass is 10.2. The van der Waals surface area contributed by atoms with Crippen LogP contribution in [0.3, 0.4) is 0 Å². The third-order valence-electron chi connectivity index (χ3n) is 3.87. The second kappa shape index (κ2) is 8.19. The third kappa shape index (κ3) is 4.21. The van der Waals surface area contributed by atoms with Crippen LogP contribution in [-0.4, -0.2) is 31.1 Å². The Morgan fingerprint density at radius 3 is 2.73 bits per heavy atom. The number of anilines is 1. The summed E-state index contributed by atoms with van der Waals surface area (Å²) in [4.78, 5) is 14.9. The molecule has 8 heteroatoms. The van der Waals surface area contributed by atoms with Gasteiger partial charge in [0.05, 0.1) is 18.1 Å². The largest absolute Gasteiger partial charge is 0.490 e. The van der Waals surface area contributed by atoms with Gasteiger partial charge < -0.3 is 20.1 Å². The standard InChI is InChI=1S/C18H20N4O4/c1-19-18(20-12-13-5-2-3-6-15(13)22(23)24)21-14-7-8-16-17(11-14)26-10-4-9-25-16/h2-3,5-8,11H,4,9-10,12H2,1H3,(H2,19,20,21). The molecule has 0 amide bonds. The molecule has 2 N–H and O–H groups in total. The van der Waals surface area contributed by atoms with Gasteiger partial charge in [0.25, 0.3) is 5.69 Å². The summed E-state index contributed by atoms with van der Waals surface area (Å²) in [6.07, 6.45) is 0.844. The van der Waals surface area contributed by atoms with E-state index in [4.69, 9.17) is 9.47 Å². The molecule has 0 unspecified atom stereocenters. The molecule has 0 saturated heterocycles. The topological polar surface area (TPSA) is 98.0 Å². The minimum atomic E-state index is -0.392. The lowest BCUT2D eigenvalue weighted by molar-refractivity contribution is -0.385. The van der Waals surface area contributed by atoms with Crippen molar-refractivity contribution in [3.05, 3.63) is 58.1 Å². The molecule has 1 aliphatic heterocycles. The summed E-state index contributed by atoms with van der Waals surface area (Å²) < 4.78 is 11.3. The fourth-order valence-corrected chi connectivity index (χ4v) is 2.57. The smallest absolute Gasteiger partial charge is 0.274 e. The van der Waals surface area contributed by atoms with Gasteiger partial charge >= 0.3 is 0 Å². The Bertz CT molecular complexity index is 823. The van der Waals surface area contributed by atoms with Crippen LogP contribution in [0.2, 0.25) is 0 Å². The molecule has 1 heterocycles. The molecule has 2 aromatic rings. The summed E-state index contributed by atoms with van der Waals surface area (Å²) in [5.74, 6) is 1.90. The number of rotatable bonds is 4. The predicted octanol–water partition coefficient (Wildman–Crippen LogP) is 2.94. The van der Waals surface area contributed by atoms with Crippen molar-refractivity contribution >= 4 is 17.3 Å². The highest BCUT2D eigenvalue weighted by molar-refractivity contribution is 5.93. The average Bonchev–Trinajstić information content (AvgIpc) is 2.90. The second-order valence-electron chi connectivity index (χ2n) is 5.65. The normalized spacial score (nSPS) is 13.7. The van der Waals surface area contributed by atoms with Gasteiger partial charge in [-0.1, -0.05) is 18.2 Å². The van der Waals surface area contributed by atoms with Crippen LogP contribution in [0.25, 0.3) is 0 Å². The first kappa shape index (κ1) is 17.5. The fourth-order valence-electron chi connectivity index (χ4n) is 2.57. The van der Waals surface area contributed by atoms with Gasteiger partial charge in [0.1, 0.15) is 0 Å². The minimum Gasteiger partial charge on any atom is -0.490 e. The van der Waals surface area contributed by atoms with E-state index < -0.39 is 4.92 Å². The van der Waals surface area contributed by atoms with Gasteiger partial charge in [-0.3, -0.25) is 15.1 Å². The van der Waals surface area contributed by atoms with Crippen molar-refractivity contribution in [2.45, 2.75) is 13.0 Å².